The Kier molecular flexibility index (Phi) is 4.45. The van der Waals surface area contributed by atoms with Crippen LogP contribution in [0.5, 0.6) is 0 Å². The van der Waals surface area contributed by atoms with Crippen LogP contribution in [0, 0.1) is 6.92 Å². The summed E-state index contributed by atoms with van der Waals surface area (Å²) in [5.41, 5.74) is 7.00. The summed E-state index contributed by atoms with van der Waals surface area (Å²) in [4.78, 5) is 1.20. The van der Waals surface area contributed by atoms with Gasteiger partial charge in [0.25, 0.3) is 0 Å². The maximum atomic E-state index is 9.15. The second-order valence-corrected chi connectivity index (χ2v) is 4.74. The van der Waals surface area contributed by atoms with E-state index in [-0.39, 0.29) is 17.9 Å². The van der Waals surface area contributed by atoms with Crippen LogP contribution in [0.25, 0.3) is 0 Å². The molecule has 0 spiro atoms. The first-order valence-corrected chi connectivity index (χ1v) is 5.62. The number of rotatable bonds is 4. The zero-order chi connectivity index (χ0) is 10.6. The quantitative estimate of drug-likeness (QED) is 0.746. The Morgan fingerprint density at radius 3 is 2.57 bits per heavy atom. The maximum Gasteiger partial charge on any atom is 0.0568 e. The van der Waals surface area contributed by atoms with Crippen LogP contribution in [-0.4, -0.2) is 23.0 Å². The second-order valence-electron chi connectivity index (χ2n) is 3.46. The first-order valence-electron chi connectivity index (χ1n) is 4.74. The molecule has 14 heavy (non-hydrogen) atoms. The number of hydrogen-bond donors (Lipinski definition) is 2. The van der Waals surface area contributed by atoms with E-state index < -0.39 is 0 Å². The Morgan fingerprint density at radius 2 is 2.07 bits per heavy atom. The Hall–Kier alpha value is -0.510. The predicted molar refractivity (Wildman–Crippen MR) is 61.6 cm³/mol. The second kappa shape index (κ2) is 5.39. The highest BCUT2D eigenvalue weighted by Crippen LogP contribution is 2.27. The molecule has 0 amide bonds. The van der Waals surface area contributed by atoms with E-state index in [2.05, 4.69) is 19.1 Å². The summed E-state index contributed by atoms with van der Waals surface area (Å²) < 4.78 is 0. The lowest BCUT2D eigenvalue weighted by atomic mass is 10.2. The largest absolute Gasteiger partial charge is 0.395 e. The summed E-state index contributed by atoms with van der Waals surface area (Å²) in [6.07, 6.45) is 0. The highest BCUT2D eigenvalue weighted by atomic mass is 32.2. The Morgan fingerprint density at radius 1 is 1.43 bits per heavy atom. The Bertz CT molecular complexity index is 288. The molecular formula is C11H17NOS. The lowest BCUT2D eigenvalue weighted by Gasteiger charge is -2.18. The molecule has 0 saturated heterocycles. The van der Waals surface area contributed by atoms with Gasteiger partial charge in [0, 0.05) is 16.2 Å². The normalized spacial score (nSPS) is 15.1. The van der Waals surface area contributed by atoms with Crippen LogP contribution in [0.1, 0.15) is 12.5 Å². The predicted octanol–water partition coefficient (Wildman–Crippen LogP) is 1.80. The number of aryl methyl sites for hydroxylation is 1. The van der Waals surface area contributed by atoms with Crippen molar-refractivity contribution >= 4 is 11.8 Å². The van der Waals surface area contributed by atoms with E-state index in [1.807, 2.05) is 19.1 Å². The smallest absolute Gasteiger partial charge is 0.0568 e. The van der Waals surface area contributed by atoms with Crippen LogP contribution in [-0.2, 0) is 0 Å². The van der Waals surface area contributed by atoms with Crippen LogP contribution < -0.4 is 5.73 Å². The van der Waals surface area contributed by atoms with Gasteiger partial charge in [-0.25, -0.2) is 0 Å². The molecule has 2 unspecified atom stereocenters. The SMILES string of the molecule is Cc1ccccc1SC(CO)C(C)N. The number of thioether (sulfide) groups is 1. The molecule has 1 aromatic carbocycles. The minimum atomic E-state index is 0.00426. The van der Waals surface area contributed by atoms with E-state index in [9.17, 15) is 0 Å². The van der Waals surface area contributed by atoms with Crippen molar-refractivity contribution in [3.8, 4) is 0 Å². The molecule has 1 rings (SSSR count). The fourth-order valence-electron chi connectivity index (χ4n) is 1.16. The zero-order valence-corrected chi connectivity index (χ0v) is 9.42. The van der Waals surface area contributed by atoms with Gasteiger partial charge in [0.1, 0.15) is 0 Å². The maximum absolute atomic E-state index is 9.15. The first-order chi connectivity index (χ1) is 6.65. The van der Waals surface area contributed by atoms with Crippen molar-refractivity contribution in [1.82, 2.24) is 0 Å². The van der Waals surface area contributed by atoms with Crippen molar-refractivity contribution < 1.29 is 5.11 Å². The van der Waals surface area contributed by atoms with Gasteiger partial charge in [0.15, 0.2) is 0 Å². The topological polar surface area (TPSA) is 46.2 Å². The fourth-order valence-corrected chi connectivity index (χ4v) is 2.19. The fraction of sp³-hybridized carbons (Fsp3) is 0.455. The minimum absolute atomic E-state index is 0.00426. The molecule has 0 bridgehead atoms. The molecule has 0 aliphatic heterocycles. The lowest BCUT2D eigenvalue weighted by Crippen LogP contribution is -2.31. The summed E-state index contributed by atoms with van der Waals surface area (Å²) in [6.45, 7) is 4.11. The first kappa shape index (κ1) is 11.6. The van der Waals surface area contributed by atoms with Crippen molar-refractivity contribution in [2.75, 3.05) is 6.61 Å². The van der Waals surface area contributed by atoms with Crippen LogP contribution in [0.15, 0.2) is 29.2 Å². The number of aliphatic hydroxyl groups is 1. The molecule has 0 radical (unpaired) electrons. The molecule has 3 N–H and O–H groups in total. The van der Waals surface area contributed by atoms with E-state index in [0.717, 1.165) is 0 Å². The average molecular weight is 211 g/mol. The Balaban J connectivity index is 2.72. The molecule has 0 heterocycles. The monoisotopic (exact) mass is 211 g/mol. The highest BCUT2D eigenvalue weighted by Gasteiger charge is 2.14. The molecule has 2 atom stereocenters. The van der Waals surface area contributed by atoms with Gasteiger partial charge in [-0.15, -0.1) is 11.8 Å². The molecule has 0 saturated carbocycles. The molecule has 1 aromatic rings. The summed E-state index contributed by atoms with van der Waals surface area (Å²) in [5.74, 6) is 0. The van der Waals surface area contributed by atoms with Crippen LogP contribution >= 0.6 is 11.8 Å². The summed E-state index contributed by atoms with van der Waals surface area (Å²) in [5, 5.41) is 9.23. The van der Waals surface area contributed by atoms with Crippen molar-refractivity contribution in [2.24, 2.45) is 5.73 Å². The molecule has 3 heteroatoms. The summed E-state index contributed by atoms with van der Waals surface area (Å²) in [6, 6.07) is 8.15. The van der Waals surface area contributed by atoms with Gasteiger partial charge >= 0.3 is 0 Å². The van der Waals surface area contributed by atoms with Crippen molar-refractivity contribution in [3.63, 3.8) is 0 Å². The molecule has 2 nitrogen and oxygen atoms in total. The molecule has 78 valence electrons. The van der Waals surface area contributed by atoms with Gasteiger partial charge in [-0.3, -0.25) is 0 Å². The van der Waals surface area contributed by atoms with Gasteiger partial charge in [-0.1, -0.05) is 18.2 Å². The Labute approximate surface area is 89.5 Å². The van der Waals surface area contributed by atoms with Crippen LogP contribution in [0.4, 0.5) is 0 Å². The lowest BCUT2D eigenvalue weighted by molar-refractivity contribution is 0.285. The third kappa shape index (κ3) is 3.01. The van der Waals surface area contributed by atoms with E-state index in [1.54, 1.807) is 11.8 Å². The zero-order valence-electron chi connectivity index (χ0n) is 8.60. The standard InChI is InChI=1S/C11H17NOS/c1-8-5-3-4-6-10(8)14-11(7-13)9(2)12/h3-6,9,11,13H,7,12H2,1-2H3. The van der Waals surface area contributed by atoms with Gasteiger partial charge < -0.3 is 10.8 Å². The van der Waals surface area contributed by atoms with Crippen LogP contribution in [0.3, 0.4) is 0 Å². The van der Waals surface area contributed by atoms with E-state index in [0.29, 0.717) is 0 Å². The van der Waals surface area contributed by atoms with E-state index >= 15 is 0 Å². The molecule has 0 aromatic heterocycles. The van der Waals surface area contributed by atoms with Gasteiger partial charge in [0.2, 0.25) is 0 Å². The number of nitrogens with two attached hydrogens (primary N) is 1. The van der Waals surface area contributed by atoms with Crippen LogP contribution in [0.2, 0.25) is 0 Å². The van der Waals surface area contributed by atoms with Gasteiger partial charge in [-0.05, 0) is 25.5 Å². The third-order valence-electron chi connectivity index (χ3n) is 2.14. The number of benzene rings is 1. The molecule has 0 aliphatic carbocycles. The van der Waals surface area contributed by atoms with Crippen molar-refractivity contribution in [2.45, 2.75) is 30.0 Å². The summed E-state index contributed by atoms with van der Waals surface area (Å²) in [7, 11) is 0. The number of hydrogen-bond acceptors (Lipinski definition) is 3. The highest BCUT2D eigenvalue weighted by molar-refractivity contribution is 8.00. The van der Waals surface area contributed by atoms with E-state index in [4.69, 9.17) is 10.8 Å². The van der Waals surface area contributed by atoms with E-state index in [1.165, 1.54) is 10.5 Å². The minimum Gasteiger partial charge on any atom is -0.395 e. The van der Waals surface area contributed by atoms with Crippen molar-refractivity contribution in [1.29, 1.82) is 0 Å². The van der Waals surface area contributed by atoms with Crippen molar-refractivity contribution in [3.05, 3.63) is 29.8 Å². The molecule has 0 fully saturated rings. The average Bonchev–Trinajstić information content (AvgIpc) is 2.16. The van der Waals surface area contributed by atoms with Gasteiger partial charge in [-0.2, -0.15) is 0 Å². The van der Waals surface area contributed by atoms with Gasteiger partial charge in [0.05, 0.1) is 6.61 Å². The molecular weight excluding hydrogens is 194 g/mol. The number of aliphatic hydroxyl groups excluding tert-OH is 1. The summed E-state index contributed by atoms with van der Waals surface area (Å²) >= 11 is 1.65. The molecule has 0 aliphatic rings. The third-order valence-corrected chi connectivity index (χ3v) is 3.73.